The largest absolute Gasteiger partial charge is 0.345 e. The van der Waals surface area contributed by atoms with Gasteiger partial charge in [0.1, 0.15) is 12.1 Å². The fourth-order valence-corrected chi connectivity index (χ4v) is 1.51. The van der Waals surface area contributed by atoms with E-state index < -0.39 is 5.82 Å². The molecule has 2 rings (SSSR count). The number of nitriles is 1. The van der Waals surface area contributed by atoms with Gasteiger partial charge in [-0.3, -0.25) is 4.57 Å². The molecule has 0 bridgehead atoms. The SMILES string of the molecule is Cn1cnn(Cc2cc(F)cc(C#N)c2)c1=O. The molecule has 0 atom stereocenters. The molecule has 0 saturated heterocycles. The molecule has 86 valence electrons. The van der Waals surface area contributed by atoms with E-state index in [0.29, 0.717) is 5.56 Å². The van der Waals surface area contributed by atoms with Gasteiger partial charge in [-0.05, 0) is 23.8 Å². The second kappa shape index (κ2) is 4.22. The number of hydrogen-bond donors (Lipinski definition) is 0. The lowest BCUT2D eigenvalue weighted by molar-refractivity contribution is 0.612. The zero-order valence-corrected chi connectivity index (χ0v) is 9.09. The van der Waals surface area contributed by atoms with Crippen molar-refractivity contribution in [1.82, 2.24) is 14.3 Å². The van der Waals surface area contributed by atoms with Gasteiger partial charge in [0, 0.05) is 7.05 Å². The molecule has 1 heterocycles. The molecule has 1 aromatic heterocycles. The number of halogens is 1. The summed E-state index contributed by atoms with van der Waals surface area (Å²) in [6.07, 6.45) is 1.38. The Kier molecular flexibility index (Phi) is 2.75. The first-order valence-electron chi connectivity index (χ1n) is 4.88. The molecule has 6 heteroatoms. The maximum Gasteiger partial charge on any atom is 0.345 e. The second-order valence-corrected chi connectivity index (χ2v) is 3.64. The van der Waals surface area contributed by atoms with Crippen LogP contribution in [0.5, 0.6) is 0 Å². The molecule has 0 aliphatic carbocycles. The van der Waals surface area contributed by atoms with Crippen LogP contribution in [0.2, 0.25) is 0 Å². The summed E-state index contributed by atoms with van der Waals surface area (Å²) in [6, 6.07) is 5.82. The zero-order valence-electron chi connectivity index (χ0n) is 9.09. The molecule has 2 aromatic rings. The highest BCUT2D eigenvalue weighted by Crippen LogP contribution is 2.09. The highest BCUT2D eigenvalue weighted by molar-refractivity contribution is 5.33. The summed E-state index contributed by atoms with van der Waals surface area (Å²) in [5.74, 6) is -0.497. The molecule has 17 heavy (non-hydrogen) atoms. The summed E-state index contributed by atoms with van der Waals surface area (Å²) in [4.78, 5) is 11.5. The monoisotopic (exact) mass is 232 g/mol. The van der Waals surface area contributed by atoms with E-state index >= 15 is 0 Å². The minimum atomic E-state index is -0.497. The third-order valence-corrected chi connectivity index (χ3v) is 2.31. The van der Waals surface area contributed by atoms with Crippen molar-refractivity contribution < 1.29 is 4.39 Å². The average Bonchev–Trinajstić information content (AvgIpc) is 2.60. The number of aryl methyl sites for hydroxylation is 1. The van der Waals surface area contributed by atoms with E-state index in [2.05, 4.69) is 5.10 Å². The quantitative estimate of drug-likeness (QED) is 0.763. The number of hydrogen-bond acceptors (Lipinski definition) is 3. The zero-order chi connectivity index (χ0) is 12.4. The third kappa shape index (κ3) is 2.23. The predicted octanol–water partition coefficient (Wildman–Crippen LogP) is 0.641. The third-order valence-electron chi connectivity index (χ3n) is 2.31. The van der Waals surface area contributed by atoms with Gasteiger partial charge in [-0.15, -0.1) is 0 Å². The Morgan fingerprint density at radius 2 is 2.24 bits per heavy atom. The number of benzene rings is 1. The fourth-order valence-electron chi connectivity index (χ4n) is 1.51. The van der Waals surface area contributed by atoms with Crippen molar-refractivity contribution in [3.63, 3.8) is 0 Å². The molecule has 1 aromatic carbocycles. The van der Waals surface area contributed by atoms with Gasteiger partial charge >= 0.3 is 5.69 Å². The highest BCUT2D eigenvalue weighted by Gasteiger charge is 2.05. The molecule has 0 aliphatic rings. The maximum absolute atomic E-state index is 13.2. The Labute approximate surface area is 96.3 Å². The van der Waals surface area contributed by atoms with Gasteiger partial charge in [-0.1, -0.05) is 0 Å². The lowest BCUT2D eigenvalue weighted by atomic mass is 10.1. The first kappa shape index (κ1) is 11.1. The average molecular weight is 232 g/mol. The van der Waals surface area contributed by atoms with Crippen molar-refractivity contribution in [3.8, 4) is 6.07 Å². The minimum Gasteiger partial charge on any atom is -0.285 e. The summed E-state index contributed by atoms with van der Waals surface area (Å²) in [7, 11) is 1.58. The van der Waals surface area contributed by atoms with Crippen LogP contribution in [0.4, 0.5) is 4.39 Å². The van der Waals surface area contributed by atoms with Crippen molar-refractivity contribution in [1.29, 1.82) is 5.26 Å². The molecule has 0 aliphatic heterocycles. The Morgan fingerprint density at radius 1 is 1.47 bits per heavy atom. The fraction of sp³-hybridized carbons (Fsp3) is 0.182. The van der Waals surface area contributed by atoms with E-state index in [-0.39, 0.29) is 17.8 Å². The van der Waals surface area contributed by atoms with Gasteiger partial charge in [0.25, 0.3) is 0 Å². The van der Waals surface area contributed by atoms with Crippen LogP contribution < -0.4 is 5.69 Å². The van der Waals surface area contributed by atoms with E-state index in [1.807, 2.05) is 6.07 Å². The van der Waals surface area contributed by atoms with Crippen LogP contribution in [-0.4, -0.2) is 14.3 Å². The predicted molar refractivity (Wildman–Crippen MR) is 57.7 cm³/mol. The van der Waals surface area contributed by atoms with Crippen LogP contribution in [0.15, 0.2) is 29.3 Å². The van der Waals surface area contributed by atoms with E-state index in [9.17, 15) is 9.18 Å². The number of nitrogens with zero attached hydrogens (tertiary/aromatic N) is 4. The summed E-state index contributed by atoms with van der Waals surface area (Å²) in [6.45, 7) is 0.145. The lowest BCUT2D eigenvalue weighted by Gasteiger charge is -2.01. The lowest BCUT2D eigenvalue weighted by Crippen LogP contribution is -2.23. The first-order valence-corrected chi connectivity index (χ1v) is 4.88. The summed E-state index contributed by atoms with van der Waals surface area (Å²) >= 11 is 0. The van der Waals surface area contributed by atoms with Gasteiger partial charge < -0.3 is 0 Å². The van der Waals surface area contributed by atoms with Crippen molar-refractivity contribution in [3.05, 3.63) is 52.0 Å². The van der Waals surface area contributed by atoms with Crippen LogP contribution in [-0.2, 0) is 13.6 Å². The van der Waals surface area contributed by atoms with Crippen molar-refractivity contribution >= 4 is 0 Å². The molecule has 0 N–H and O–H groups in total. The smallest absolute Gasteiger partial charge is 0.285 e. The molecule has 0 saturated carbocycles. The van der Waals surface area contributed by atoms with Gasteiger partial charge in [0.2, 0.25) is 0 Å². The van der Waals surface area contributed by atoms with E-state index in [4.69, 9.17) is 5.26 Å². The van der Waals surface area contributed by atoms with Gasteiger partial charge in [-0.25, -0.2) is 13.9 Å². The van der Waals surface area contributed by atoms with Crippen LogP contribution in [0.3, 0.4) is 0 Å². The molecule has 0 fully saturated rings. The second-order valence-electron chi connectivity index (χ2n) is 3.64. The van der Waals surface area contributed by atoms with Gasteiger partial charge in [-0.2, -0.15) is 10.4 Å². The van der Waals surface area contributed by atoms with E-state index in [0.717, 1.165) is 6.07 Å². The Bertz CT molecular complexity index is 650. The standard InChI is InChI=1S/C11H9FN4O/c1-15-7-14-16(11(15)17)6-9-2-8(5-13)3-10(12)4-9/h2-4,7H,6H2,1H3. The molecule has 0 unspecified atom stereocenters. The molecular formula is C11H9FN4O. The Morgan fingerprint density at radius 3 is 2.82 bits per heavy atom. The maximum atomic E-state index is 13.2. The number of aromatic nitrogens is 3. The molecule has 0 spiro atoms. The Balaban J connectivity index is 2.37. The highest BCUT2D eigenvalue weighted by atomic mass is 19.1. The van der Waals surface area contributed by atoms with Crippen LogP contribution in [0.25, 0.3) is 0 Å². The van der Waals surface area contributed by atoms with Crippen LogP contribution in [0.1, 0.15) is 11.1 Å². The van der Waals surface area contributed by atoms with Gasteiger partial charge in [0.05, 0.1) is 18.2 Å². The molecule has 5 nitrogen and oxygen atoms in total. The topological polar surface area (TPSA) is 63.6 Å². The van der Waals surface area contributed by atoms with Gasteiger partial charge in [0.15, 0.2) is 0 Å². The van der Waals surface area contributed by atoms with Crippen molar-refractivity contribution in [2.75, 3.05) is 0 Å². The molecule has 0 amide bonds. The molecule has 0 radical (unpaired) electrons. The normalized spacial score (nSPS) is 10.2. The van der Waals surface area contributed by atoms with Crippen molar-refractivity contribution in [2.45, 2.75) is 6.54 Å². The van der Waals surface area contributed by atoms with Crippen LogP contribution in [0, 0.1) is 17.1 Å². The minimum absolute atomic E-state index is 0.145. The Hall–Kier alpha value is -2.42. The van der Waals surface area contributed by atoms with Crippen molar-refractivity contribution in [2.24, 2.45) is 7.05 Å². The number of rotatable bonds is 2. The van der Waals surface area contributed by atoms with Crippen LogP contribution >= 0.6 is 0 Å². The summed E-state index contributed by atoms with van der Waals surface area (Å²) in [5.41, 5.74) is 0.471. The first-order chi connectivity index (χ1) is 8.10. The van der Waals surface area contributed by atoms with E-state index in [1.54, 1.807) is 7.05 Å². The summed E-state index contributed by atoms with van der Waals surface area (Å²) in [5, 5.41) is 12.6. The van der Waals surface area contributed by atoms with E-state index in [1.165, 1.54) is 27.7 Å². The molecular weight excluding hydrogens is 223 g/mol. The summed E-state index contributed by atoms with van der Waals surface area (Å²) < 4.78 is 15.7.